The van der Waals surface area contributed by atoms with Crippen LogP contribution in [0.3, 0.4) is 0 Å². The molecule has 6 heteroatoms. The van der Waals surface area contributed by atoms with Crippen molar-refractivity contribution in [3.8, 4) is 5.88 Å². The number of fused-ring (bicyclic) bond motifs is 1. The predicted octanol–water partition coefficient (Wildman–Crippen LogP) is 0.773. The second-order valence-electron chi connectivity index (χ2n) is 4.82. The van der Waals surface area contributed by atoms with E-state index in [-0.39, 0.29) is 0 Å². The van der Waals surface area contributed by atoms with Crippen molar-refractivity contribution < 1.29 is 14.8 Å². The molecule has 0 radical (unpaired) electrons. The standard InChI is InChI=1S/C15H15BN2O3/c1-21-15-7-6-14-13(17-15)8-9-18(14)10-11-2-4-12(5-3-11)16(19)20/h2-9,19-20H,10H2,1H3. The summed E-state index contributed by atoms with van der Waals surface area (Å²) < 4.78 is 7.21. The lowest BCUT2D eigenvalue weighted by molar-refractivity contribution is 0.399. The second-order valence-corrected chi connectivity index (χ2v) is 4.82. The lowest BCUT2D eigenvalue weighted by Crippen LogP contribution is -2.29. The van der Waals surface area contributed by atoms with Gasteiger partial charge >= 0.3 is 7.12 Å². The summed E-state index contributed by atoms with van der Waals surface area (Å²) in [5, 5.41) is 18.2. The van der Waals surface area contributed by atoms with Crippen LogP contribution in [0.4, 0.5) is 0 Å². The number of benzene rings is 1. The maximum Gasteiger partial charge on any atom is 0.488 e. The van der Waals surface area contributed by atoms with Crippen LogP contribution in [-0.4, -0.2) is 33.8 Å². The summed E-state index contributed by atoms with van der Waals surface area (Å²) in [6, 6.07) is 13.0. The molecule has 0 amide bonds. The summed E-state index contributed by atoms with van der Waals surface area (Å²) in [4.78, 5) is 4.38. The van der Waals surface area contributed by atoms with Gasteiger partial charge in [-0.1, -0.05) is 24.3 Å². The Bertz CT molecular complexity index is 753. The van der Waals surface area contributed by atoms with Crippen molar-refractivity contribution in [3.05, 3.63) is 54.2 Å². The zero-order valence-electron chi connectivity index (χ0n) is 11.6. The topological polar surface area (TPSA) is 67.5 Å². The Balaban J connectivity index is 1.87. The van der Waals surface area contributed by atoms with Gasteiger partial charge < -0.3 is 19.4 Å². The average molecular weight is 282 g/mol. The number of rotatable bonds is 4. The first-order chi connectivity index (χ1) is 10.2. The number of methoxy groups -OCH3 is 1. The Morgan fingerprint density at radius 3 is 2.52 bits per heavy atom. The summed E-state index contributed by atoms with van der Waals surface area (Å²) >= 11 is 0. The molecule has 2 heterocycles. The SMILES string of the molecule is COc1ccc2c(ccn2Cc2ccc(B(O)O)cc2)n1. The zero-order chi connectivity index (χ0) is 14.8. The Morgan fingerprint density at radius 1 is 1.10 bits per heavy atom. The van der Waals surface area contributed by atoms with E-state index in [1.165, 1.54) is 0 Å². The number of aromatic nitrogens is 2. The molecule has 1 aromatic carbocycles. The molecule has 0 unspecified atom stereocenters. The minimum atomic E-state index is -1.43. The number of hydrogen-bond donors (Lipinski definition) is 2. The normalized spacial score (nSPS) is 10.8. The summed E-state index contributed by atoms with van der Waals surface area (Å²) in [5.74, 6) is 0.599. The summed E-state index contributed by atoms with van der Waals surface area (Å²) in [6.45, 7) is 0.694. The maximum atomic E-state index is 9.09. The third-order valence-electron chi connectivity index (χ3n) is 3.44. The molecular weight excluding hydrogens is 267 g/mol. The largest absolute Gasteiger partial charge is 0.488 e. The van der Waals surface area contributed by atoms with Gasteiger partial charge in [-0.2, -0.15) is 0 Å². The molecule has 0 fully saturated rings. The van der Waals surface area contributed by atoms with E-state index in [4.69, 9.17) is 14.8 Å². The lowest BCUT2D eigenvalue weighted by Gasteiger charge is -2.07. The summed E-state index contributed by atoms with van der Waals surface area (Å²) in [5.41, 5.74) is 3.48. The molecule has 0 aliphatic carbocycles. The molecule has 2 aromatic heterocycles. The Morgan fingerprint density at radius 2 is 1.86 bits per heavy atom. The van der Waals surface area contributed by atoms with Gasteiger partial charge in [-0.25, -0.2) is 4.98 Å². The monoisotopic (exact) mass is 282 g/mol. The first-order valence-corrected chi connectivity index (χ1v) is 6.62. The van der Waals surface area contributed by atoms with Gasteiger partial charge in [0.25, 0.3) is 0 Å². The zero-order valence-corrected chi connectivity index (χ0v) is 11.6. The summed E-state index contributed by atoms with van der Waals surface area (Å²) in [6.07, 6.45) is 1.98. The lowest BCUT2D eigenvalue weighted by atomic mass is 9.80. The third-order valence-corrected chi connectivity index (χ3v) is 3.44. The van der Waals surface area contributed by atoms with E-state index in [9.17, 15) is 0 Å². The number of ether oxygens (including phenoxy) is 1. The molecular formula is C15H15BN2O3. The quantitative estimate of drug-likeness (QED) is 0.694. The molecule has 0 saturated carbocycles. The van der Waals surface area contributed by atoms with E-state index in [0.717, 1.165) is 16.6 Å². The first kappa shape index (κ1) is 13.7. The number of hydrogen-bond acceptors (Lipinski definition) is 4. The highest BCUT2D eigenvalue weighted by Crippen LogP contribution is 2.18. The van der Waals surface area contributed by atoms with Crippen LogP contribution in [0.5, 0.6) is 5.88 Å². The Hall–Kier alpha value is -2.31. The minimum Gasteiger partial charge on any atom is -0.481 e. The average Bonchev–Trinajstić information content (AvgIpc) is 2.90. The molecule has 0 saturated heterocycles. The van der Waals surface area contributed by atoms with Gasteiger partial charge in [-0.15, -0.1) is 0 Å². The second kappa shape index (κ2) is 5.59. The van der Waals surface area contributed by atoms with Gasteiger partial charge in [0.1, 0.15) is 0 Å². The van der Waals surface area contributed by atoms with Gasteiger partial charge in [0.15, 0.2) is 0 Å². The number of pyridine rings is 1. The van der Waals surface area contributed by atoms with Crippen LogP contribution in [0.15, 0.2) is 48.7 Å². The highest BCUT2D eigenvalue weighted by atomic mass is 16.5. The van der Waals surface area contributed by atoms with E-state index in [2.05, 4.69) is 9.55 Å². The van der Waals surface area contributed by atoms with Crippen LogP contribution in [0.2, 0.25) is 0 Å². The van der Waals surface area contributed by atoms with Crippen molar-refractivity contribution in [2.24, 2.45) is 0 Å². The van der Waals surface area contributed by atoms with Crippen LogP contribution in [-0.2, 0) is 6.54 Å². The maximum absolute atomic E-state index is 9.09. The van der Waals surface area contributed by atoms with Crippen molar-refractivity contribution in [2.75, 3.05) is 7.11 Å². The third kappa shape index (κ3) is 2.77. The van der Waals surface area contributed by atoms with E-state index in [1.807, 2.05) is 36.5 Å². The van der Waals surface area contributed by atoms with E-state index < -0.39 is 7.12 Å². The van der Waals surface area contributed by atoms with Crippen LogP contribution >= 0.6 is 0 Å². The molecule has 0 aliphatic heterocycles. The van der Waals surface area contributed by atoms with Gasteiger partial charge in [0, 0.05) is 18.8 Å². The van der Waals surface area contributed by atoms with Crippen LogP contribution in [0.1, 0.15) is 5.56 Å². The fraction of sp³-hybridized carbons (Fsp3) is 0.133. The molecule has 106 valence electrons. The van der Waals surface area contributed by atoms with Crippen molar-refractivity contribution in [2.45, 2.75) is 6.54 Å². The summed E-state index contributed by atoms with van der Waals surface area (Å²) in [7, 11) is 0.172. The smallest absolute Gasteiger partial charge is 0.481 e. The van der Waals surface area contributed by atoms with E-state index in [1.54, 1.807) is 19.2 Å². The van der Waals surface area contributed by atoms with Gasteiger partial charge in [-0.3, -0.25) is 0 Å². The van der Waals surface area contributed by atoms with Gasteiger partial charge in [-0.05, 0) is 23.2 Å². The fourth-order valence-corrected chi connectivity index (χ4v) is 2.30. The molecule has 21 heavy (non-hydrogen) atoms. The van der Waals surface area contributed by atoms with Crippen molar-refractivity contribution >= 4 is 23.6 Å². The van der Waals surface area contributed by atoms with E-state index in [0.29, 0.717) is 17.9 Å². The van der Waals surface area contributed by atoms with Crippen molar-refractivity contribution in [1.82, 2.24) is 9.55 Å². The molecule has 0 spiro atoms. The Kier molecular flexibility index (Phi) is 3.64. The molecule has 2 N–H and O–H groups in total. The highest BCUT2D eigenvalue weighted by molar-refractivity contribution is 6.58. The number of nitrogens with zero attached hydrogens (tertiary/aromatic N) is 2. The molecule has 3 aromatic rings. The minimum absolute atomic E-state index is 0.488. The molecule has 5 nitrogen and oxygen atoms in total. The first-order valence-electron chi connectivity index (χ1n) is 6.62. The molecule has 0 atom stereocenters. The van der Waals surface area contributed by atoms with Crippen LogP contribution in [0.25, 0.3) is 11.0 Å². The molecule has 0 aliphatic rings. The van der Waals surface area contributed by atoms with Crippen molar-refractivity contribution in [1.29, 1.82) is 0 Å². The van der Waals surface area contributed by atoms with Crippen LogP contribution < -0.4 is 10.2 Å². The predicted molar refractivity (Wildman–Crippen MR) is 81.7 cm³/mol. The molecule has 3 rings (SSSR count). The van der Waals surface area contributed by atoms with Gasteiger partial charge in [0.05, 0.1) is 18.1 Å². The van der Waals surface area contributed by atoms with Crippen LogP contribution in [0, 0.1) is 0 Å². The Labute approximate surface area is 122 Å². The fourth-order valence-electron chi connectivity index (χ4n) is 2.30. The molecule has 0 bridgehead atoms. The van der Waals surface area contributed by atoms with Crippen molar-refractivity contribution in [3.63, 3.8) is 0 Å². The van der Waals surface area contributed by atoms with E-state index >= 15 is 0 Å². The van der Waals surface area contributed by atoms with Gasteiger partial charge in [0.2, 0.25) is 5.88 Å². The highest BCUT2D eigenvalue weighted by Gasteiger charge is 2.10.